The molecule has 6 aromatic heterocycles. The highest BCUT2D eigenvalue weighted by Gasteiger charge is 2.24. The van der Waals surface area contributed by atoms with E-state index in [1.165, 1.54) is 0 Å². The molecule has 0 aliphatic rings. The summed E-state index contributed by atoms with van der Waals surface area (Å²) < 4.78 is 6.42. The molecule has 81 heavy (non-hydrogen) atoms. The molecule has 0 N–H and O–H groups in total. The number of nitrogens with zero attached hydrogens (tertiary/aromatic N) is 12. The van der Waals surface area contributed by atoms with Gasteiger partial charge >= 0.3 is 0 Å². The van der Waals surface area contributed by atoms with Gasteiger partial charge in [-0.2, -0.15) is 24.9 Å². The average molecular weight is 1040 g/mol. The molecule has 0 atom stereocenters. The Balaban J connectivity index is 0.872. The second-order valence-electron chi connectivity index (χ2n) is 19.9. The van der Waals surface area contributed by atoms with Crippen LogP contribution in [0.5, 0.6) is 0 Å². The Kier molecular flexibility index (Phi) is 10.6. The van der Waals surface area contributed by atoms with Gasteiger partial charge in [-0.25, -0.2) is 19.9 Å². The molecule has 12 heteroatoms. The minimum Gasteiger partial charge on any atom is -0.278 e. The highest BCUT2D eigenvalue weighted by Crippen LogP contribution is 2.39. The molecule has 0 spiro atoms. The van der Waals surface area contributed by atoms with Gasteiger partial charge in [-0.05, 0) is 60.7 Å². The largest absolute Gasteiger partial charge is 0.278 e. The molecule has 0 unspecified atom stereocenters. The van der Waals surface area contributed by atoms with Crippen molar-refractivity contribution in [2.75, 3.05) is 0 Å². The van der Waals surface area contributed by atoms with Gasteiger partial charge in [0.15, 0.2) is 34.9 Å². The summed E-state index contributed by atoms with van der Waals surface area (Å²) in [6.07, 6.45) is 0. The van der Waals surface area contributed by atoms with Crippen LogP contribution in [0.3, 0.4) is 0 Å². The molecule has 0 fully saturated rings. The first kappa shape index (κ1) is 45.8. The lowest BCUT2D eigenvalue weighted by molar-refractivity contribution is 0.893. The third-order valence-electron chi connectivity index (χ3n) is 15.0. The zero-order valence-electron chi connectivity index (χ0n) is 43.1. The monoisotopic (exact) mass is 1040 g/mol. The molecule has 378 valence electrons. The summed E-state index contributed by atoms with van der Waals surface area (Å²) in [5, 5.41) is 6.28. The Morgan fingerprint density at radius 3 is 0.753 bits per heavy atom. The molecular weight excluding hydrogens is 997 g/mol. The summed E-state index contributed by atoms with van der Waals surface area (Å²) in [5.41, 5.74) is 11.0. The van der Waals surface area contributed by atoms with Crippen LogP contribution in [0.15, 0.2) is 255 Å². The molecule has 12 nitrogen and oxygen atoms in total. The minimum atomic E-state index is 0.481. The maximum absolute atomic E-state index is 5.39. The van der Waals surface area contributed by atoms with Crippen LogP contribution in [0.1, 0.15) is 0 Å². The first-order chi connectivity index (χ1) is 40.1. The lowest BCUT2D eigenvalue weighted by atomic mass is 10.1. The Hall–Kier alpha value is -11.4. The molecule has 10 aromatic carbocycles. The van der Waals surface area contributed by atoms with Gasteiger partial charge in [-0.1, -0.05) is 194 Å². The number of hydrogen-bond acceptors (Lipinski definition) is 9. The molecule has 0 amide bonds. The van der Waals surface area contributed by atoms with Gasteiger partial charge in [0.25, 0.3) is 0 Å². The number of fused-ring (bicyclic) bond motifs is 9. The van der Waals surface area contributed by atoms with Crippen LogP contribution in [0.25, 0.3) is 152 Å². The van der Waals surface area contributed by atoms with Crippen molar-refractivity contribution in [1.29, 1.82) is 0 Å². The lowest BCUT2D eigenvalue weighted by Crippen LogP contribution is -2.10. The van der Waals surface area contributed by atoms with Crippen molar-refractivity contribution >= 4 is 65.4 Å². The lowest BCUT2D eigenvalue weighted by Gasteiger charge is -2.13. The summed E-state index contributed by atoms with van der Waals surface area (Å²) >= 11 is 0. The van der Waals surface area contributed by atoms with E-state index in [0.29, 0.717) is 52.8 Å². The Morgan fingerprint density at radius 1 is 0.173 bits per heavy atom. The van der Waals surface area contributed by atoms with E-state index in [-0.39, 0.29) is 0 Å². The van der Waals surface area contributed by atoms with Crippen molar-refractivity contribution in [1.82, 2.24) is 58.6 Å². The fourth-order valence-electron chi connectivity index (χ4n) is 11.3. The average Bonchev–Trinajstić information content (AvgIpc) is 4.13. The van der Waals surface area contributed by atoms with Crippen LogP contribution < -0.4 is 0 Å². The van der Waals surface area contributed by atoms with Crippen LogP contribution in [0.4, 0.5) is 0 Å². The van der Waals surface area contributed by atoms with Crippen molar-refractivity contribution in [2.45, 2.75) is 0 Å². The summed E-state index contributed by atoms with van der Waals surface area (Å²) in [5.74, 6) is 4.89. The van der Waals surface area contributed by atoms with Gasteiger partial charge in [-0.15, -0.1) is 0 Å². The summed E-state index contributed by atoms with van der Waals surface area (Å²) in [7, 11) is 0. The number of rotatable bonds is 9. The van der Waals surface area contributed by atoms with E-state index in [4.69, 9.17) is 44.9 Å². The molecule has 0 aliphatic heterocycles. The maximum atomic E-state index is 5.39. The maximum Gasteiger partial charge on any atom is 0.240 e. The van der Waals surface area contributed by atoms with Crippen molar-refractivity contribution in [3.63, 3.8) is 0 Å². The summed E-state index contributed by atoms with van der Waals surface area (Å²) in [6, 6.07) is 86.5. The summed E-state index contributed by atoms with van der Waals surface area (Å²) in [6.45, 7) is 0. The zero-order valence-corrected chi connectivity index (χ0v) is 43.1. The van der Waals surface area contributed by atoms with E-state index in [1.807, 2.05) is 127 Å². The first-order valence-corrected chi connectivity index (χ1v) is 26.7. The number of benzene rings is 10. The van der Waals surface area contributed by atoms with E-state index in [1.54, 1.807) is 0 Å². The highest BCUT2D eigenvalue weighted by molar-refractivity contribution is 6.12. The fraction of sp³-hybridized carbons (Fsp3) is 0. The quantitative estimate of drug-likeness (QED) is 0.139. The van der Waals surface area contributed by atoms with Crippen LogP contribution in [-0.2, 0) is 0 Å². The third-order valence-corrected chi connectivity index (χ3v) is 15.0. The van der Waals surface area contributed by atoms with Gasteiger partial charge in [-0.3, -0.25) is 13.7 Å². The van der Waals surface area contributed by atoms with Crippen LogP contribution >= 0.6 is 0 Å². The highest BCUT2D eigenvalue weighted by atomic mass is 15.3. The van der Waals surface area contributed by atoms with E-state index in [2.05, 4.69) is 141 Å². The third kappa shape index (κ3) is 7.72. The molecule has 0 saturated carbocycles. The standard InChI is InChI=1S/C69H42N12/c1-5-21-43(22-6-1)61-70-62(44-23-7-2-8-24-44)72-65(71-61)47-37-39-59-53(41-47)51-31-15-19-35-57(51)80(59)67-74-63(45-25-9-3-10-26-45)73-66(77-67)48-38-40-60-54(42-48)52-32-16-20-36-58(52)81(60)69-76-64(46-27-11-4-12-28-46)75-68(78-69)79-55-33-17-13-29-49(55)50-30-14-18-34-56(50)79/h1-42H. The van der Waals surface area contributed by atoms with Crippen molar-refractivity contribution in [3.05, 3.63) is 255 Å². The predicted octanol–water partition coefficient (Wildman–Crippen LogP) is 15.5. The second-order valence-corrected chi connectivity index (χ2v) is 19.9. The normalized spacial score (nSPS) is 11.7. The molecule has 0 saturated heterocycles. The van der Waals surface area contributed by atoms with E-state index in [9.17, 15) is 0 Å². The van der Waals surface area contributed by atoms with Gasteiger partial charge in [0.1, 0.15) is 0 Å². The Labute approximate surface area is 462 Å². The van der Waals surface area contributed by atoms with Crippen molar-refractivity contribution in [2.24, 2.45) is 0 Å². The Bertz CT molecular complexity index is 5000. The molecule has 16 aromatic rings. The minimum absolute atomic E-state index is 0.481. The number of aromatic nitrogens is 12. The van der Waals surface area contributed by atoms with Gasteiger partial charge in [0.05, 0.1) is 33.1 Å². The van der Waals surface area contributed by atoms with Crippen LogP contribution in [0, 0.1) is 0 Å². The number of para-hydroxylation sites is 4. The zero-order chi connectivity index (χ0) is 53.4. The smallest absolute Gasteiger partial charge is 0.240 e. The molecule has 0 radical (unpaired) electrons. The molecule has 0 aliphatic carbocycles. The molecule has 0 bridgehead atoms. The second kappa shape index (κ2) is 18.7. The summed E-state index contributed by atoms with van der Waals surface area (Å²) in [4.78, 5) is 46.9. The van der Waals surface area contributed by atoms with E-state index < -0.39 is 0 Å². The predicted molar refractivity (Wildman–Crippen MR) is 322 cm³/mol. The van der Waals surface area contributed by atoms with Gasteiger partial charge in [0, 0.05) is 65.7 Å². The topological polar surface area (TPSA) is 131 Å². The first-order valence-electron chi connectivity index (χ1n) is 26.7. The molecule has 16 rings (SSSR count). The van der Waals surface area contributed by atoms with Crippen molar-refractivity contribution in [3.8, 4) is 86.2 Å². The van der Waals surface area contributed by atoms with Crippen molar-refractivity contribution < 1.29 is 0 Å². The van der Waals surface area contributed by atoms with Crippen LogP contribution in [-0.4, -0.2) is 58.6 Å². The molecular formula is C69H42N12. The van der Waals surface area contributed by atoms with E-state index in [0.717, 1.165) is 98.8 Å². The Morgan fingerprint density at radius 2 is 0.407 bits per heavy atom. The number of hydrogen-bond donors (Lipinski definition) is 0. The van der Waals surface area contributed by atoms with Gasteiger partial charge in [0.2, 0.25) is 17.8 Å². The van der Waals surface area contributed by atoms with Crippen LogP contribution in [0.2, 0.25) is 0 Å². The van der Waals surface area contributed by atoms with Gasteiger partial charge < -0.3 is 0 Å². The molecule has 6 heterocycles. The SMILES string of the molecule is c1ccc(-c2nc(-c3ccccc3)nc(-c3ccc4c(c3)c3ccccc3n4-c3nc(-c4ccccc4)nc(-c4ccc5c(c4)c4ccccc4n5-c4nc(-c5ccccc5)nc(-n5c6ccccc6c6ccccc65)n4)n3)n2)cc1. The fourth-order valence-corrected chi connectivity index (χ4v) is 11.3. The van der Waals surface area contributed by atoms with E-state index >= 15 is 0 Å².